The van der Waals surface area contributed by atoms with Gasteiger partial charge >= 0.3 is 0 Å². The summed E-state index contributed by atoms with van der Waals surface area (Å²) in [5, 5.41) is 0.368. The van der Waals surface area contributed by atoms with Crippen molar-refractivity contribution in [1.82, 2.24) is 0 Å². The van der Waals surface area contributed by atoms with Crippen LogP contribution in [0.25, 0.3) is 0 Å². The van der Waals surface area contributed by atoms with Crippen molar-refractivity contribution in [3.63, 3.8) is 0 Å². The summed E-state index contributed by atoms with van der Waals surface area (Å²) in [5.74, 6) is 2.20. The van der Waals surface area contributed by atoms with E-state index in [1.807, 2.05) is 18.2 Å². The predicted octanol–water partition coefficient (Wildman–Crippen LogP) is 6.84. The van der Waals surface area contributed by atoms with Crippen LogP contribution in [0.15, 0.2) is 77.7 Å². The third-order valence-corrected chi connectivity index (χ3v) is 9.94. The highest BCUT2D eigenvalue weighted by molar-refractivity contribution is 7.92. The molecular formula is C29H28ClNO3S. The SMILES string of the molecule is O=C(c1ccccc1)c1cc(Cl)ccc1NS(=O)(=O)c1ccc(C23CC4CC(CC(C4)C2)C3)cc1. The lowest BCUT2D eigenvalue weighted by Crippen LogP contribution is -2.48. The Kier molecular flexibility index (Phi) is 5.53. The minimum Gasteiger partial charge on any atom is -0.289 e. The monoisotopic (exact) mass is 505 g/mol. The van der Waals surface area contributed by atoms with Gasteiger partial charge in [-0.15, -0.1) is 0 Å². The highest BCUT2D eigenvalue weighted by Crippen LogP contribution is 2.60. The smallest absolute Gasteiger partial charge is 0.261 e. The Bertz CT molecular complexity index is 1350. The van der Waals surface area contributed by atoms with E-state index in [0.717, 1.165) is 17.8 Å². The van der Waals surface area contributed by atoms with E-state index in [1.165, 1.54) is 50.2 Å². The molecule has 0 amide bonds. The highest BCUT2D eigenvalue weighted by Gasteiger charge is 2.51. The van der Waals surface area contributed by atoms with Gasteiger partial charge in [-0.05, 0) is 97.6 Å². The second-order valence-electron chi connectivity index (χ2n) is 10.7. The first-order valence-electron chi connectivity index (χ1n) is 12.3. The number of carbonyl (C=O) groups is 1. The Morgan fingerprint density at radius 1 is 0.829 bits per heavy atom. The molecule has 35 heavy (non-hydrogen) atoms. The summed E-state index contributed by atoms with van der Waals surface area (Å²) in [5.41, 5.74) is 2.40. The molecule has 0 radical (unpaired) electrons. The van der Waals surface area contributed by atoms with Crippen LogP contribution in [0, 0.1) is 17.8 Å². The number of nitrogens with one attached hydrogen (secondary N) is 1. The Hall–Kier alpha value is -2.63. The molecule has 0 heterocycles. The van der Waals surface area contributed by atoms with Crippen LogP contribution in [0.1, 0.15) is 60.0 Å². The first-order valence-corrected chi connectivity index (χ1v) is 14.2. The average molecular weight is 506 g/mol. The van der Waals surface area contributed by atoms with Gasteiger partial charge in [0.05, 0.1) is 10.6 Å². The van der Waals surface area contributed by atoms with Gasteiger partial charge in [0.2, 0.25) is 0 Å². The van der Waals surface area contributed by atoms with Crippen LogP contribution < -0.4 is 4.72 Å². The Morgan fingerprint density at radius 3 is 2.03 bits per heavy atom. The molecule has 4 nitrogen and oxygen atoms in total. The highest BCUT2D eigenvalue weighted by atomic mass is 35.5. The number of ketones is 1. The molecular weight excluding hydrogens is 478 g/mol. The molecule has 3 aromatic carbocycles. The standard InChI is InChI=1S/C29H28ClNO3S/c30-24-8-11-27(26(15-24)28(32)22-4-2-1-3-5-22)31-35(33,34)25-9-6-23(7-10-25)29-16-19-12-20(17-29)14-21(13-19)18-29/h1-11,15,19-21,31H,12-14,16-18H2. The first kappa shape index (κ1) is 22.8. The summed E-state index contributed by atoms with van der Waals surface area (Å²) < 4.78 is 29.2. The van der Waals surface area contributed by atoms with Crippen LogP contribution in [0.2, 0.25) is 5.02 Å². The Balaban J connectivity index is 1.27. The fraction of sp³-hybridized carbons (Fsp3) is 0.345. The lowest BCUT2D eigenvalue weighted by atomic mass is 9.48. The molecule has 0 aromatic heterocycles. The molecule has 0 spiro atoms. The van der Waals surface area contributed by atoms with Crippen molar-refractivity contribution in [2.45, 2.75) is 48.8 Å². The normalized spacial score (nSPS) is 27.1. The van der Waals surface area contributed by atoms with Gasteiger partial charge in [-0.2, -0.15) is 0 Å². The van der Waals surface area contributed by atoms with Crippen molar-refractivity contribution >= 4 is 33.1 Å². The lowest BCUT2D eigenvalue weighted by molar-refractivity contribution is -0.00521. The number of halogens is 1. The number of rotatable bonds is 6. The molecule has 4 aliphatic rings. The number of benzene rings is 3. The molecule has 1 N–H and O–H groups in total. The molecule has 4 bridgehead atoms. The van der Waals surface area contributed by atoms with Gasteiger partial charge in [0.25, 0.3) is 10.0 Å². The zero-order chi connectivity index (χ0) is 24.2. The summed E-state index contributed by atoms with van der Waals surface area (Å²) >= 11 is 6.15. The third kappa shape index (κ3) is 4.19. The largest absolute Gasteiger partial charge is 0.289 e. The number of anilines is 1. The molecule has 6 heteroatoms. The maximum atomic E-state index is 13.3. The van der Waals surface area contributed by atoms with E-state index in [4.69, 9.17) is 11.6 Å². The topological polar surface area (TPSA) is 63.2 Å². The molecule has 0 saturated heterocycles. The molecule has 7 rings (SSSR count). The van der Waals surface area contributed by atoms with Gasteiger partial charge in [-0.1, -0.05) is 54.1 Å². The quantitative estimate of drug-likeness (QED) is 0.373. The van der Waals surface area contributed by atoms with E-state index < -0.39 is 10.0 Å². The van der Waals surface area contributed by atoms with Crippen LogP contribution in [0.4, 0.5) is 5.69 Å². The van der Waals surface area contributed by atoms with E-state index in [9.17, 15) is 13.2 Å². The minimum absolute atomic E-state index is 0.194. The van der Waals surface area contributed by atoms with Crippen molar-refractivity contribution < 1.29 is 13.2 Å². The Morgan fingerprint density at radius 2 is 1.43 bits per heavy atom. The van der Waals surface area contributed by atoms with Crippen molar-refractivity contribution in [2.24, 2.45) is 17.8 Å². The van der Waals surface area contributed by atoms with E-state index in [0.29, 0.717) is 10.6 Å². The summed E-state index contributed by atoms with van der Waals surface area (Å²) in [4.78, 5) is 13.3. The first-order chi connectivity index (χ1) is 16.8. The third-order valence-electron chi connectivity index (χ3n) is 8.32. The molecule has 0 aliphatic heterocycles. The van der Waals surface area contributed by atoms with Crippen molar-refractivity contribution in [2.75, 3.05) is 4.72 Å². The molecule has 4 saturated carbocycles. The van der Waals surface area contributed by atoms with Gasteiger partial charge in [0.15, 0.2) is 5.78 Å². The summed E-state index contributed by atoms with van der Waals surface area (Å²) in [6.45, 7) is 0. The molecule has 4 fully saturated rings. The van der Waals surface area contributed by atoms with Crippen molar-refractivity contribution in [1.29, 1.82) is 0 Å². The van der Waals surface area contributed by atoms with E-state index in [1.54, 1.807) is 48.5 Å². The van der Waals surface area contributed by atoms with Crippen LogP contribution in [0.3, 0.4) is 0 Å². The lowest BCUT2D eigenvalue weighted by Gasteiger charge is -2.57. The van der Waals surface area contributed by atoms with E-state index in [2.05, 4.69) is 4.72 Å². The number of hydrogen-bond acceptors (Lipinski definition) is 3. The molecule has 0 unspecified atom stereocenters. The van der Waals surface area contributed by atoms with Crippen molar-refractivity contribution in [3.8, 4) is 0 Å². The average Bonchev–Trinajstić information content (AvgIpc) is 2.84. The van der Waals surface area contributed by atoms with Gasteiger partial charge in [0.1, 0.15) is 0 Å². The molecule has 180 valence electrons. The summed E-state index contributed by atoms with van der Waals surface area (Å²) in [6, 6.07) is 20.8. The van der Waals surface area contributed by atoms with Gasteiger partial charge < -0.3 is 0 Å². The van der Waals surface area contributed by atoms with Gasteiger partial charge in [-0.25, -0.2) is 8.42 Å². The van der Waals surface area contributed by atoms with E-state index >= 15 is 0 Å². The summed E-state index contributed by atoms with van der Waals surface area (Å²) in [6.07, 6.45) is 7.83. The Labute approximate surface area is 211 Å². The van der Waals surface area contributed by atoms with Crippen LogP contribution in [-0.2, 0) is 15.4 Å². The minimum atomic E-state index is -3.88. The second-order valence-corrected chi connectivity index (χ2v) is 12.8. The molecule has 3 aromatic rings. The summed E-state index contributed by atoms with van der Waals surface area (Å²) in [7, 11) is -3.88. The fourth-order valence-corrected chi connectivity index (χ4v) is 8.45. The van der Waals surface area contributed by atoms with Gasteiger partial charge in [-0.3, -0.25) is 9.52 Å². The van der Waals surface area contributed by atoms with E-state index in [-0.39, 0.29) is 27.3 Å². The maximum Gasteiger partial charge on any atom is 0.261 e. The fourth-order valence-electron chi connectivity index (χ4n) is 7.19. The van der Waals surface area contributed by atoms with Crippen LogP contribution in [-0.4, -0.2) is 14.2 Å². The molecule has 0 atom stereocenters. The zero-order valence-corrected chi connectivity index (χ0v) is 21.0. The molecule has 4 aliphatic carbocycles. The number of sulfonamides is 1. The van der Waals surface area contributed by atoms with Crippen molar-refractivity contribution in [3.05, 3.63) is 94.5 Å². The zero-order valence-electron chi connectivity index (χ0n) is 19.4. The van der Waals surface area contributed by atoms with Crippen LogP contribution in [0.5, 0.6) is 0 Å². The maximum absolute atomic E-state index is 13.3. The second kappa shape index (κ2) is 8.49. The number of hydrogen-bond donors (Lipinski definition) is 1. The van der Waals surface area contributed by atoms with Crippen LogP contribution >= 0.6 is 11.6 Å². The van der Waals surface area contributed by atoms with Gasteiger partial charge in [0, 0.05) is 16.1 Å². The number of carbonyl (C=O) groups excluding carboxylic acids is 1. The predicted molar refractivity (Wildman–Crippen MR) is 138 cm³/mol.